The first-order chi connectivity index (χ1) is 5.27. The zero-order valence-electron chi connectivity index (χ0n) is 6.99. The Kier molecular flexibility index (Phi) is 2.88. The Morgan fingerprint density at radius 2 is 2.45 bits per heavy atom. The first-order valence-corrected chi connectivity index (χ1v) is 4.24. The molecule has 1 aliphatic heterocycles. The van der Waals surface area contributed by atoms with E-state index in [-0.39, 0.29) is 0 Å². The van der Waals surface area contributed by atoms with Crippen molar-refractivity contribution in [3.05, 3.63) is 0 Å². The van der Waals surface area contributed by atoms with Crippen molar-refractivity contribution in [2.45, 2.75) is 38.3 Å². The third kappa shape index (κ3) is 1.93. The molecule has 0 aliphatic carbocycles. The van der Waals surface area contributed by atoms with Gasteiger partial charge in [0.15, 0.2) is 0 Å². The topological polar surface area (TPSA) is 46.3 Å². The zero-order chi connectivity index (χ0) is 8.27. The summed E-state index contributed by atoms with van der Waals surface area (Å²) < 4.78 is 0. The molecular weight excluding hydrogens is 140 g/mol. The van der Waals surface area contributed by atoms with E-state index < -0.39 is 0 Å². The van der Waals surface area contributed by atoms with Crippen LogP contribution in [0.2, 0.25) is 0 Å². The molecule has 1 heterocycles. The van der Waals surface area contributed by atoms with Crippen LogP contribution in [0.4, 0.5) is 0 Å². The van der Waals surface area contributed by atoms with Gasteiger partial charge >= 0.3 is 0 Å². The van der Waals surface area contributed by atoms with Crippen molar-refractivity contribution in [2.75, 3.05) is 6.54 Å². The Hall–Kier alpha value is -0.570. The van der Waals surface area contributed by atoms with Crippen molar-refractivity contribution in [3.8, 4) is 0 Å². The fourth-order valence-electron chi connectivity index (χ4n) is 1.64. The van der Waals surface area contributed by atoms with Crippen LogP contribution < -0.4 is 5.73 Å². The standard InChI is InChI=1S/C8H16N2O/c1-2-8-5-7(9)3-4-10(8)6-11/h6-8H,2-5,9H2,1H3. The van der Waals surface area contributed by atoms with Gasteiger partial charge in [0, 0.05) is 18.6 Å². The van der Waals surface area contributed by atoms with E-state index in [1.165, 1.54) is 0 Å². The first kappa shape index (κ1) is 8.53. The number of carbonyl (C=O) groups excluding carboxylic acids is 1. The van der Waals surface area contributed by atoms with Gasteiger partial charge < -0.3 is 10.6 Å². The summed E-state index contributed by atoms with van der Waals surface area (Å²) in [7, 11) is 0. The highest BCUT2D eigenvalue weighted by molar-refractivity contribution is 5.48. The van der Waals surface area contributed by atoms with Crippen LogP contribution in [0.25, 0.3) is 0 Å². The van der Waals surface area contributed by atoms with Gasteiger partial charge in [0.05, 0.1) is 0 Å². The molecule has 2 N–H and O–H groups in total. The lowest BCUT2D eigenvalue weighted by atomic mass is 9.97. The number of rotatable bonds is 2. The van der Waals surface area contributed by atoms with E-state index in [1.54, 1.807) is 0 Å². The van der Waals surface area contributed by atoms with Crippen LogP contribution in [-0.4, -0.2) is 29.9 Å². The van der Waals surface area contributed by atoms with Crippen molar-refractivity contribution >= 4 is 6.41 Å². The second-order valence-electron chi connectivity index (χ2n) is 3.19. The lowest BCUT2D eigenvalue weighted by molar-refractivity contribution is -0.121. The number of amides is 1. The summed E-state index contributed by atoms with van der Waals surface area (Å²) in [6.07, 6.45) is 3.89. The molecule has 1 amide bonds. The molecule has 1 rings (SSSR count). The summed E-state index contributed by atoms with van der Waals surface area (Å²) in [6, 6.07) is 0.687. The Bertz CT molecular complexity index is 138. The number of hydrogen-bond donors (Lipinski definition) is 1. The summed E-state index contributed by atoms with van der Waals surface area (Å²) in [5.74, 6) is 0. The first-order valence-electron chi connectivity index (χ1n) is 4.24. The summed E-state index contributed by atoms with van der Waals surface area (Å²) >= 11 is 0. The van der Waals surface area contributed by atoms with Gasteiger partial charge in [0.25, 0.3) is 0 Å². The highest BCUT2D eigenvalue weighted by Crippen LogP contribution is 2.16. The van der Waals surface area contributed by atoms with Crippen molar-refractivity contribution in [1.29, 1.82) is 0 Å². The second kappa shape index (κ2) is 3.72. The molecule has 64 valence electrons. The number of carbonyl (C=O) groups is 1. The van der Waals surface area contributed by atoms with E-state index >= 15 is 0 Å². The van der Waals surface area contributed by atoms with Crippen LogP contribution in [-0.2, 0) is 4.79 Å². The molecular formula is C8H16N2O. The van der Waals surface area contributed by atoms with Crippen LogP contribution in [0, 0.1) is 0 Å². The molecule has 1 saturated heterocycles. The average Bonchev–Trinajstić information content (AvgIpc) is 2.04. The molecule has 0 bridgehead atoms. The molecule has 0 saturated carbocycles. The molecule has 2 unspecified atom stereocenters. The fourth-order valence-corrected chi connectivity index (χ4v) is 1.64. The molecule has 0 aromatic rings. The number of likely N-dealkylation sites (tertiary alicyclic amines) is 1. The number of nitrogens with two attached hydrogens (primary N) is 1. The zero-order valence-corrected chi connectivity index (χ0v) is 6.99. The average molecular weight is 156 g/mol. The Labute approximate surface area is 67.5 Å². The van der Waals surface area contributed by atoms with E-state index in [1.807, 2.05) is 4.90 Å². The van der Waals surface area contributed by atoms with Crippen molar-refractivity contribution < 1.29 is 4.79 Å². The Morgan fingerprint density at radius 1 is 1.73 bits per heavy atom. The summed E-state index contributed by atoms with van der Waals surface area (Å²) in [6.45, 7) is 2.93. The molecule has 3 nitrogen and oxygen atoms in total. The van der Waals surface area contributed by atoms with E-state index in [0.29, 0.717) is 12.1 Å². The Balaban J connectivity index is 2.47. The number of hydrogen-bond acceptors (Lipinski definition) is 2. The molecule has 0 aromatic heterocycles. The maximum Gasteiger partial charge on any atom is 0.209 e. The Morgan fingerprint density at radius 3 is 3.00 bits per heavy atom. The predicted molar refractivity (Wildman–Crippen MR) is 44.1 cm³/mol. The molecule has 11 heavy (non-hydrogen) atoms. The SMILES string of the molecule is CCC1CC(N)CCN1C=O. The molecule has 1 fully saturated rings. The monoisotopic (exact) mass is 156 g/mol. The minimum absolute atomic E-state index is 0.302. The van der Waals surface area contributed by atoms with Gasteiger partial charge in [-0.05, 0) is 19.3 Å². The van der Waals surface area contributed by atoms with Crippen LogP contribution >= 0.6 is 0 Å². The van der Waals surface area contributed by atoms with E-state index in [0.717, 1.165) is 32.2 Å². The molecule has 0 radical (unpaired) electrons. The van der Waals surface area contributed by atoms with Gasteiger partial charge in [-0.2, -0.15) is 0 Å². The predicted octanol–water partition coefficient (Wildman–Crippen LogP) is 0.345. The minimum atomic E-state index is 0.302. The van der Waals surface area contributed by atoms with Gasteiger partial charge in [0.1, 0.15) is 0 Å². The van der Waals surface area contributed by atoms with E-state index in [9.17, 15) is 4.79 Å². The largest absolute Gasteiger partial charge is 0.342 e. The van der Waals surface area contributed by atoms with Gasteiger partial charge in [-0.1, -0.05) is 6.92 Å². The van der Waals surface area contributed by atoms with E-state index in [4.69, 9.17) is 5.73 Å². The van der Waals surface area contributed by atoms with Crippen LogP contribution in [0.1, 0.15) is 26.2 Å². The van der Waals surface area contributed by atoms with Crippen molar-refractivity contribution in [1.82, 2.24) is 4.90 Å². The van der Waals surface area contributed by atoms with Gasteiger partial charge in [-0.3, -0.25) is 4.79 Å². The summed E-state index contributed by atoms with van der Waals surface area (Å²) in [5.41, 5.74) is 5.78. The maximum atomic E-state index is 10.5. The van der Waals surface area contributed by atoms with Gasteiger partial charge in [-0.15, -0.1) is 0 Å². The third-order valence-corrected chi connectivity index (χ3v) is 2.41. The summed E-state index contributed by atoms with van der Waals surface area (Å²) in [4.78, 5) is 12.4. The molecule has 0 spiro atoms. The third-order valence-electron chi connectivity index (χ3n) is 2.41. The normalized spacial score (nSPS) is 32.0. The minimum Gasteiger partial charge on any atom is -0.342 e. The van der Waals surface area contributed by atoms with Gasteiger partial charge in [-0.25, -0.2) is 0 Å². The highest BCUT2D eigenvalue weighted by atomic mass is 16.1. The van der Waals surface area contributed by atoms with Gasteiger partial charge in [0.2, 0.25) is 6.41 Å². The highest BCUT2D eigenvalue weighted by Gasteiger charge is 2.23. The fraction of sp³-hybridized carbons (Fsp3) is 0.875. The smallest absolute Gasteiger partial charge is 0.209 e. The van der Waals surface area contributed by atoms with Crippen LogP contribution in [0.5, 0.6) is 0 Å². The summed E-state index contributed by atoms with van der Waals surface area (Å²) in [5, 5.41) is 0. The molecule has 2 atom stereocenters. The molecule has 3 heteroatoms. The van der Waals surface area contributed by atoms with E-state index in [2.05, 4.69) is 6.92 Å². The van der Waals surface area contributed by atoms with Crippen molar-refractivity contribution in [2.24, 2.45) is 5.73 Å². The second-order valence-corrected chi connectivity index (χ2v) is 3.19. The van der Waals surface area contributed by atoms with Crippen molar-refractivity contribution in [3.63, 3.8) is 0 Å². The number of piperidine rings is 1. The maximum absolute atomic E-state index is 10.5. The lowest BCUT2D eigenvalue weighted by Gasteiger charge is -2.35. The molecule has 0 aromatic carbocycles. The lowest BCUT2D eigenvalue weighted by Crippen LogP contribution is -2.45. The molecule has 1 aliphatic rings. The number of nitrogens with zero attached hydrogens (tertiary/aromatic N) is 1. The van der Waals surface area contributed by atoms with Crippen LogP contribution in [0.3, 0.4) is 0 Å². The quantitative estimate of drug-likeness (QED) is 0.586. The van der Waals surface area contributed by atoms with Crippen LogP contribution in [0.15, 0.2) is 0 Å².